The lowest BCUT2D eigenvalue weighted by Crippen LogP contribution is -2.29. The van der Waals surface area contributed by atoms with Crippen molar-refractivity contribution in [2.45, 2.75) is 122 Å². The molecule has 0 amide bonds. The van der Waals surface area contributed by atoms with E-state index in [9.17, 15) is 10.2 Å². The molecule has 0 aliphatic rings. The van der Waals surface area contributed by atoms with Crippen LogP contribution in [0.25, 0.3) is 0 Å². The fraction of sp³-hybridized carbons (Fsp3) is 0.920. The van der Waals surface area contributed by atoms with Crippen LogP contribution in [0.4, 0.5) is 0 Å². The lowest BCUT2D eigenvalue weighted by Gasteiger charge is -2.20. The Hall–Kier alpha value is -0.383. The zero-order valence-electron chi connectivity index (χ0n) is 20.4. The van der Waals surface area contributed by atoms with Gasteiger partial charge in [0.15, 0.2) is 0 Å². The SMILES string of the molecule is CCCCCCCCCC[C@@H](O)COCCOC[C@@H](O)CC#C[Si](CC)(CC)CC. The summed E-state index contributed by atoms with van der Waals surface area (Å²) in [7, 11) is -1.42. The van der Waals surface area contributed by atoms with Gasteiger partial charge in [-0.1, -0.05) is 79.1 Å². The van der Waals surface area contributed by atoms with Crippen LogP contribution in [-0.4, -0.2) is 56.9 Å². The molecule has 0 aromatic rings. The number of aliphatic hydroxyl groups excluding tert-OH is 2. The predicted molar refractivity (Wildman–Crippen MR) is 130 cm³/mol. The van der Waals surface area contributed by atoms with Crippen molar-refractivity contribution >= 4 is 8.07 Å². The molecule has 0 heterocycles. The van der Waals surface area contributed by atoms with Crippen LogP contribution in [0.15, 0.2) is 0 Å². The van der Waals surface area contributed by atoms with Crippen molar-refractivity contribution in [3.05, 3.63) is 0 Å². The Morgan fingerprint density at radius 1 is 0.700 bits per heavy atom. The van der Waals surface area contributed by atoms with Crippen LogP contribution in [0, 0.1) is 11.5 Å². The zero-order valence-corrected chi connectivity index (χ0v) is 21.4. The van der Waals surface area contributed by atoms with Crippen molar-refractivity contribution in [1.82, 2.24) is 0 Å². The average Bonchev–Trinajstić information content (AvgIpc) is 2.76. The van der Waals surface area contributed by atoms with E-state index in [2.05, 4.69) is 39.2 Å². The van der Waals surface area contributed by atoms with Gasteiger partial charge in [0.2, 0.25) is 0 Å². The van der Waals surface area contributed by atoms with Crippen molar-refractivity contribution < 1.29 is 19.7 Å². The Labute approximate surface area is 188 Å². The first-order valence-corrected chi connectivity index (χ1v) is 15.2. The topological polar surface area (TPSA) is 58.9 Å². The highest BCUT2D eigenvalue weighted by Gasteiger charge is 2.24. The van der Waals surface area contributed by atoms with Crippen molar-refractivity contribution in [3.63, 3.8) is 0 Å². The Morgan fingerprint density at radius 3 is 1.73 bits per heavy atom. The van der Waals surface area contributed by atoms with Gasteiger partial charge in [-0.15, -0.1) is 11.5 Å². The van der Waals surface area contributed by atoms with E-state index in [1.807, 2.05) is 0 Å². The molecule has 4 nitrogen and oxygen atoms in total. The number of rotatable bonds is 20. The fourth-order valence-electron chi connectivity index (χ4n) is 3.58. The molecule has 2 N–H and O–H groups in total. The van der Waals surface area contributed by atoms with Crippen LogP contribution in [-0.2, 0) is 9.47 Å². The van der Waals surface area contributed by atoms with Gasteiger partial charge in [-0.05, 0) is 24.6 Å². The Bertz CT molecular complexity index is 420. The molecule has 0 aliphatic carbocycles. The summed E-state index contributed by atoms with van der Waals surface area (Å²) in [5.41, 5.74) is 3.49. The highest BCUT2D eigenvalue weighted by Crippen LogP contribution is 2.18. The van der Waals surface area contributed by atoms with E-state index < -0.39 is 14.2 Å². The van der Waals surface area contributed by atoms with E-state index >= 15 is 0 Å². The summed E-state index contributed by atoms with van der Waals surface area (Å²) in [6.45, 7) is 10.5. The molecule has 0 rings (SSSR count). The second-order valence-corrected chi connectivity index (χ2v) is 13.5. The maximum Gasteiger partial charge on any atom is 0.137 e. The Balaban J connectivity index is 3.59. The molecule has 0 saturated heterocycles. The third-order valence-corrected chi connectivity index (χ3v) is 10.9. The Morgan fingerprint density at radius 2 is 1.20 bits per heavy atom. The summed E-state index contributed by atoms with van der Waals surface area (Å²) in [5, 5.41) is 20.0. The molecular weight excluding hydrogens is 392 g/mol. The van der Waals surface area contributed by atoms with Crippen LogP contribution in [0.1, 0.15) is 91.9 Å². The maximum absolute atomic E-state index is 10.0. The molecule has 178 valence electrons. The molecule has 0 bridgehead atoms. The summed E-state index contributed by atoms with van der Waals surface area (Å²) in [6, 6.07) is 3.55. The average molecular weight is 443 g/mol. The van der Waals surface area contributed by atoms with Gasteiger partial charge in [-0.2, -0.15) is 0 Å². The molecule has 5 heteroatoms. The number of ether oxygens (including phenoxy) is 2. The fourth-order valence-corrected chi connectivity index (χ4v) is 6.09. The van der Waals surface area contributed by atoms with Gasteiger partial charge in [0.05, 0.1) is 38.6 Å². The van der Waals surface area contributed by atoms with Crippen LogP contribution >= 0.6 is 0 Å². The van der Waals surface area contributed by atoms with Crippen LogP contribution in [0.3, 0.4) is 0 Å². The monoisotopic (exact) mass is 442 g/mol. The lowest BCUT2D eigenvalue weighted by atomic mass is 10.1. The van der Waals surface area contributed by atoms with Gasteiger partial charge in [-0.3, -0.25) is 0 Å². The van der Waals surface area contributed by atoms with E-state index in [0.29, 0.717) is 26.2 Å². The summed E-state index contributed by atoms with van der Waals surface area (Å²) in [4.78, 5) is 0. The van der Waals surface area contributed by atoms with E-state index in [4.69, 9.17) is 9.47 Å². The number of hydrogen-bond acceptors (Lipinski definition) is 4. The van der Waals surface area contributed by atoms with Crippen molar-refractivity contribution in [1.29, 1.82) is 0 Å². The largest absolute Gasteiger partial charge is 0.391 e. The molecule has 0 spiro atoms. The van der Waals surface area contributed by atoms with Crippen LogP contribution in [0.5, 0.6) is 0 Å². The Kier molecular flexibility index (Phi) is 20.3. The van der Waals surface area contributed by atoms with E-state index in [0.717, 1.165) is 12.8 Å². The molecule has 0 aliphatic heterocycles. The summed E-state index contributed by atoms with van der Waals surface area (Å²) in [6.07, 6.45) is 10.6. The first-order valence-electron chi connectivity index (χ1n) is 12.5. The predicted octanol–water partition coefficient (Wildman–Crippen LogP) is 5.71. The molecule has 30 heavy (non-hydrogen) atoms. The van der Waals surface area contributed by atoms with Crippen LogP contribution < -0.4 is 0 Å². The maximum atomic E-state index is 10.0. The van der Waals surface area contributed by atoms with Crippen molar-refractivity contribution in [2.75, 3.05) is 26.4 Å². The second kappa shape index (κ2) is 20.5. The highest BCUT2D eigenvalue weighted by molar-refractivity contribution is 6.87. The molecule has 0 aromatic carbocycles. The standard InChI is InChI=1S/C25H50O4Si/c1-5-9-10-11-12-13-14-15-17-24(26)22-28-19-20-29-23-25(27)18-16-21-30(6-2,7-3)8-4/h24-27H,5-15,17-20,22-23H2,1-4H3/t24-,25+/m1/s1. The molecule has 0 radical (unpaired) electrons. The molecule has 0 unspecified atom stereocenters. The third kappa shape index (κ3) is 16.3. The molecule has 0 saturated carbocycles. The van der Waals surface area contributed by atoms with Gasteiger partial charge in [0, 0.05) is 6.42 Å². The van der Waals surface area contributed by atoms with E-state index in [1.54, 1.807) is 0 Å². The minimum Gasteiger partial charge on any atom is -0.391 e. The zero-order chi connectivity index (χ0) is 22.5. The number of hydrogen-bond donors (Lipinski definition) is 2. The van der Waals surface area contributed by atoms with E-state index in [-0.39, 0.29) is 12.7 Å². The lowest BCUT2D eigenvalue weighted by molar-refractivity contribution is -0.0176. The summed E-state index contributed by atoms with van der Waals surface area (Å²) in [5.74, 6) is 3.20. The highest BCUT2D eigenvalue weighted by atomic mass is 28.3. The number of unbranched alkanes of at least 4 members (excludes halogenated alkanes) is 7. The first-order chi connectivity index (χ1) is 14.5. The van der Waals surface area contributed by atoms with Gasteiger partial charge < -0.3 is 19.7 Å². The molecule has 0 fully saturated rings. The second-order valence-electron chi connectivity index (χ2n) is 8.57. The third-order valence-electron chi connectivity index (χ3n) is 6.10. The van der Waals surface area contributed by atoms with E-state index in [1.165, 1.54) is 63.1 Å². The quantitative estimate of drug-likeness (QED) is 0.144. The van der Waals surface area contributed by atoms with Crippen LogP contribution in [0.2, 0.25) is 18.1 Å². The van der Waals surface area contributed by atoms with Gasteiger partial charge >= 0.3 is 0 Å². The molecule has 0 aromatic heterocycles. The van der Waals surface area contributed by atoms with Crippen molar-refractivity contribution in [2.24, 2.45) is 0 Å². The number of aliphatic hydroxyl groups is 2. The first kappa shape index (κ1) is 29.6. The smallest absolute Gasteiger partial charge is 0.137 e. The van der Waals surface area contributed by atoms with Gasteiger partial charge in [-0.25, -0.2) is 0 Å². The van der Waals surface area contributed by atoms with Gasteiger partial charge in [0.25, 0.3) is 0 Å². The molecular formula is C25H50O4Si. The molecule has 2 atom stereocenters. The normalized spacial score (nSPS) is 13.7. The minimum atomic E-state index is -1.42. The summed E-state index contributed by atoms with van der Waals surface area (Å²) >= 11 is 0. The van der Waals surface area contributed by atoms with Gasteiger partial charge in [0.1, 0.15) is 8.07 Å². The summed E-state index contributed by atoms with van der Waals surface area (Å²) < 4.78 is 11.0. The minimum absolute atomic E-state index is 0.289. The van der Waals surface area contributed by atoms with Crippen molar-refractivity contribution in [3.8, 4) is 11.5 Å².